The van der Waals surface area contributed by atoms with Crippen LogP contribution in [0, 0.1) is 11.8 Å². The molecule has 0 aromatic rings. The molecule has 3 unspecified atom stereocenters. The van der Waals surface area contributed by atoms with Gasteiger partial charge >= 0.3 is 12.0 Å². The van der Waals surface area contributed by atoms with Crippen LogP contribution in [0.5, 0.6) is 0 Å². The lowest BCUT2D eigenvalue weighted by Gasteiger charge is -2.19. The maximum absolute atomic E-state index is 11.7. The molecule has 2 amide bonds. The molecule has 5 nitrogen and oxygen atoms in total. The van der Waals surface area contributed by atoms with Crippen LogP contribution < -0.4 is 10.6 Å². The molecule has 0 heterocycles. The van der Waals surface area contributed by atoms with Crippen LogP contribution in [0.25, 0.3) is 0 Å². The van der Waals surface area contributed by atoms with Crippen molar-refractivity contribution in [2.45, 2.75) is 58.5 Å². The predicted molar refractivity (Wildman–Crippen MR) is 69.3 cm³/mol. The molecule has 0 spiro atoms. The SMILES string of the molecule is CC(C)CC(C)NC(=O)NC1CCC(C(=O)O)C1. The number of hydrogen-bond acceptors (Lipinski definition) is 2. The molecular weight excluding hydrogens is 232 g/mol. The summed E-state index contributed by atoms with van der Waals surface area (Å²) in [5.41, 5.74) is 0. The molecule has 0 radical (unpaired) electrons. The molecule has 1 aliphatic carbocycles. The molecule has 0 aromatic carbocycles. The summed E-state index contributed by atoms with van der Waals surface area (Å²) in [5, 5.41) is 14.6. The number of urea groups is 1. The molecule has 1 rings (SSSR count). The number of aliphatic carboxylic acids is 1. The Balaban J connectivity index is 2.27. The summed E-state index contributed by atoms with van der Waals surface area (Å²) in [4.78, 5) is 22.5. The maximum atomic E-state index is 11.7. The van der Waals surface area contributed by atoms with Gasteiger partial charge in [0.25, 0.3) is 0 Å². The van der Waals surface area contributed by atoms with Crippen molar-refractivity contribution in [2.75, 3.05) is 0 Å². The zero-order valence-electron chi connectivity index (χ0n) is 11.4. The second kappa shape index (κ2) is 6.61. The smallest absolute Gasteiger partial charge is 0.315 e. The predicted octanol–water partition coefficient (Wildman–Crippen LogP) is 1.97. The van der Waals surface area contributed by atoms with Gasteiger partial charge in [0.1, 0.15) is 0 Å². The quantitative estimate of drug-likeness (QED) is 0.703. The fourth-order valence-electron chi connectivity index (χ4n) is 2.55. The van der Waals surface area contributed by atoms with Crippen molar-refractivity contribution in [2.24, 2.45) is 11.8 Å². The lowest BCUT2D eigenvalue weighted by atomic mass is 10.1. The van der Waals surface area contributed by atoms with Crippen molar-refractivity contribution in [3.63, 3.8) is 0 Å². The third kappa shape index (κ3) is 4.94. The maximum Gasteiger partial charge on any atom is 0.315 e. The zero-order valence-corrected chi connectivity index (χ0v) is 11.4. The normalized spacial score (nSPS) is 24.9. The van der Waals surface area contributed by atoms with Gasteiger partial charge < -0.3 is 15.7 Å². The van der Waals surface area contributed by atoms with E-state index in [2.05, 4.69) is 24.5 Å². The summed E-state index contributed by atoms with van der Waals surface area (Å²) in [6.45, 7) is 6.21. The molecule has 0 aliphatic heterocycles. The van der Waals surface area contributed by atoms with Gasteiger partial charge in [-0.05, 0) is 38.5 Å². The Labute approximate surface area is 108 Å². The Bertz CT molecular complexity index is 305. The van der Waals surface area contributed by atoms with Gasteiger partial charge in [-0.25, -0.2) is 4.79 Å². The summed E-state index contributed by atoms with van der Waals surface area (Å²) in [6.07, 6.45) is 2.89. The zero-order chi connectivity index (χ0) is 13.7. The van der Waals surface area contributed by atoms with E-state index in [1.165, 1.54) is 0 Å². The van der Waals surface area contributed by atoms with Crippen molar-refractivity contribution >= 4 is 12.0 Å². The van der Waals surface area contributed by atoms with Crippen LogP contribution in [-0.4, -0.2) is 29.2 Å². The van der Waals surface area contributed by atoms with Crippen molar-refractivity contribution in [1.29, 1.82) is 0 Å². The third-order valence-electron chi connectivity index (χ3n) is 3.32. The highest BCUT2D eigenvalue weighted by Crippen LogP contribution is 2.25. The van der Waals surface area contributed by atoms with Crippen LogP contribution in [0.1, 0.15) is 46.5 Å². The third-order valence-corrected chi connectivity index (χ3v) is 3.32. The summed E-state index contributed by atoms with van der Waals surface area (Å²) < 4.78 is 0. The van der Waals surface area contributed by atoms with E-state index in [0.717, 1.165) is 12.8 Å². The van der Waals surface area contributed by atoms with Crippen LogP contribution in [0.3, 0.4) is 0 Å². The van der Waals surface area contributed by atoms with E-state index in [-0.39, 0.29) is 24.0 Å². The summed E-state index contributed by atoms with van der Waals surface area (Å²) in [6, 6.07) is -0.0433. The van der Waals surface area contributed by atoms with Gasteiger partial charge in [-0.3, -0.25) is 4.79 Å². The molecule has 0 bridgehead atoms. The molecule has 5 heteroatoms. The minimum atomic E-state index is -0.757. The highest BCUT2D eigenvalue weighted by molar-refractivity contribution is 5.75. The lowest BCUT2D eigenvalue weighted by Crippen LogP contribution is -2.45. The topological polar surface area (TPSA) is 78.4 Å². The summed E-state index contributed by atoms with van der Waals surface area (Å²) in [5.74, 6) is -0.514. The van der Waals surface area contributed by atoms with E-state index >= 15 is 0 Å². The average Bonchev–Trinajstić information content (AvgIpc) is 2.63. The minimum Gasteiger partial charge on any atom is -0.481 e. The summed E-state index contributed by atoms with van der Waals surface area (Å²) in [7, 11) is 0. The monoisotopic (exact) mass is 256 g/mol. The number of carbonyl (C=O) groups excluding carboxylic acids is 1. The van der Waals surface area contributed by atoms with Crippen molar-refractivity contribution in [1.82, 2.24) is 10.6 Å². The fraction of sp³-hybridized carbons (Fsp3) is 0.846. The fourth-order valence-corrected chi connectivity index (χ4v) is 2.55. The number of nitrogens with one attached hydrogen (secondary N) is 2. The van der Waals surface area contributed by atoms with Crippen molar-refractivity contribution in [3.05, 3.63) is 0 Å². The van der Waals surface area contributed by atoms with Gasteiger partial charge in [0.05, 0.1) is 5.92 Å². The summed E-state index contributed by atoms with van der Waals surface area (Å²) >= 11 is 0. The van der Waals surface area contributed by atoms with Crippen LogP contribution in [0.4, 0.5) is 4.79 Å². The molecule has 0 aromatic heterocycles. The standard InChI is InChI=1S/C13H24N2O3/c1-8(2)6-9(3)14-13(18)15-11-5-4-10(7-11)12(16)17/h8-11H,4-7H2,1-3H3,(H,16,17)(H2,14,15,18). The van der Waals surface area contributed by atoms with Crippen LogP contribution in [-0.2, 0) is 4.79 Å². The van der Waals surface area contributed by atoms with Crippen molar-refractivity contribution < 1.29 is 14.7 Å². The molecule has 1 aliphatic rings. The second-order valence-corrected chi connectivity index (χ2v) is 5.69. The van der Waals surface area contributed by atoms with Crippen LogP contribution in [0.15, 0.2) is 0 Å². The van der Waals surface area contributed by atoms with Crippen molar-refractivity contribution in [3.8, 4) is 0 Å². The molecule has 1 saturated carbocycles. The van der Waals surface area contributed by atoms with E-state index in [1.807, 2.05) is 6.92 Å². The number of rotatable bonds is 5. The molecule has 3 atom stereocenters. The average molecular weight is 256 g/mol. The number of carboxylic acid groups (broad SMARTS) is 1. The van der Waals surface area contributed by atoms with E-state index in [9.17, 15) is 9.59 Å². The number of carboxylic acids is 1. The van der Waals surface area contributed by atoms with Crippen LogP contribution >= 0.6 is 0 Å². The number of carbonyl (C=O) groups is 2. The van der Waals surface area contributed by atoms with Gasteiger partial charge in [-0.1, -0.05) is 13.8 Å². The van der Waals surface area contributed by atoms with Gasteiger partial charge in [0.15, 0.2) is 0 Å². The largest absolute Gasteiger partial charge is 0.481 e. The lowest BCUT2D eigenvalue weighted by molar-refractivity contribution is -0.141. The number of hydrogen-bond donors (Lipinski definition) is 3. The first-order valence-electron chi connectivity index (χ1n) is 6.68. The van der Waals surface area contributed by atoms with E-state index in [0.29, 0.717) is 18.8 Å². The molecular formula is C13H24N2O3. The first-order valence-corrected chi connectivity index (χ1v) is 6.68. The van der Waals surface area contributed by atoms with Crippen LogP contribution in [0.2, 0.25) is 0 Å². The van der Waals surface area contributed by atoms with Gasteiger partial charge in [-0.15, -0.1) is 0 Å². The number of amides is 2. The Morgan fingerprint density at radius 1 is 1.28 bits per heavy atom. The molecule has 3 N–H and O–H groups in total. The molecule has 18 heavy (non-hydrogen) atoms. The van der Waals surface area contributed by atoms with Gasteiger partial charge in [-0.2, -0.15) is 0 Å². The Morgan fingerprint density at radius 3 is 2.44 bits per heavy atom. The van der Waals surface area contributed by atoms with E-state index in [1.54, 1.807) is 0 Å². The van der Waals surface area contributed by atoms with Gasteiger partial charge in [0.2, 0.25) is 0 Å². The van der Waals surface area contributed by atoms with E-state index in [4.69, 9.17) is 5.11 Å². The Morgan fingerprint density at radius 2 is 1.94 bits per heavy atom. The second-order valence-electron chi connectivity index (χ2n) is 5.69. The first-order chi connectivity index (χ1) is 8.38. The highest BCUT2D eigenvalue weighted by atomic mass is 16.4. The molecule has 0 saturated heterocycles. The first kappa shape index (κ1) is 14.8. The van der Waals surface area contributed by atoms with E-state index < -0.39 is 5.97 Å². The van der Waals surface area contributed by atoms with Gasteiger partial charge in [0, 0.05) is 12.1 Å². The Kier molecular flexibility index (Phi) is 5.44. The molecule has 1 fully saturated rings. The molecule has 104 valence electrons. The Hall–Kier alpha value is -1.26. The highest BCUT2D eigenvalue weighted by Gasteiger charge is 2.30. The minimum absolute atomic E-state index is 0.00245.